The summed E-state index contributed by atoms with van der Waals surface area (Å²) >= 11 is 0. The minimum Gasteiger partial charge on any atom is -0.481 e. The molecular weight excluding hydrogens is 270 g/mol. The van der Waals surface area contributed by atoms with Crippen LogP contribution in [0.1, 0.15) is 20.3 Å². The van der Waals surface area contributed by atoms with Crippen molar-refractivity contribution in [1.29, 1.82) is 0 Å². The highest BCUT2D eigenvalue weighted by Crippen LogP contribution is 2.19. The first-order valence-corrected chi connectivity index (χ1v) is 6.90. The second-order valence-electron chi connectivity index (χ2n) is 4.23. The van der Waals surface area contributed by atoms with Crippen LogP contribution in [0.4, 0.5) is 5.95 Å². The Labute approximate surface area is 123 Å². The minimum absolute atomic E-state index is 0.314. The van der Waals surface area contributed by atoms with Crippen molar-refractivity contribution in [3.63, 3.8) is 0 Å². The molecule has 0 unspecified atom stereocenters. The van der Waals surface area contributed by atoms with Crippen LogP contribution < -0.4 is 14.8 Å². The third-order valence-electron chi connectivity index (χ3n) is 2.59. The van der Waals surface area contributed by atoms with Crippen LogP contribution in [0.5, 0.6) is 11.9 Å². The van der Waals surface area contributed by atoms with Crippen LogP contribution in [-0.2, 0) is 0 Å². The van der Waals surface area contributed by atoms with Gasteiger partial charge in [0.2, 0.25) is 11.8 Å². The molecule has 2 aromatic heterocycles. The Morgan fingerprint density at radius 2 is 2.00 bits per heavy atom. The van der Waals surface area contributed by atoms with Crippen LogP contribution in [0.15, 0.2) is 18.3 Å². The summed E-state index contributed by atoms with van der Waals surface area (Å²) in [5.41, 5.74) is 0.777. The number of nitrogens with zero attached hydrogens (tertiary/aromatic N) is 4. The average molecular weight is 289 g/mol. The molecule has 0 radical (unpaired) electrons. The molecule has 2 heterocycles. The Bertz CT molecular complexity index is 574. The highest BCUT2D eigenvalue weighted by molar-refractivity contribution is 5.55. The average Bonchev–Trinajstić information content (AvgIpc) is 2.53. The van der Waals surface area contributed by atoms with Gasteiger partial charge in [-0.15, -0.1) is 0 Å². The fraction of sp³-hybridized carbons (Fsp3) is 0.429. The van der Waals surface area contributed by atoms with E-state index in [1.54, 1.807) is 19.4 Å². The molecule has 7 heteroatoms. The molecule has 0 fully saturated rings. The predicted octanol–water partition coefficient (Wildman–Crippen LogP) is 2.16. The van der Waals surface area contributed by atoms with E-state index in [1.807, 2.05) is 19.9 Å². The van der Waals surface area contributed by atoms with E-state index in [-0.39, 0.29) is 0 Å². The largest absolute Gasteiger partial charge is 0.481 e. The van der Waals surface area contributed by atoms with Crippen molar-refractivity contribution in [3.05, 3.63) is 18.3 Å². The molecule has 2 rings (SSSR count). The van der Waals surface area contributed by atoms with Gasteiger partial charge in [0.25, 0.3) is 0 Å². The molecule has 0 aliphatic rings. The highest BCUT2D eigenvalue weighted by Gasteiger charge is 2.09. The van der Waals surface area contributed by atoms with Crippen molar-refractivity contribution < 1.29 is 9.47 Å². The molecule has 0 bridgehead atoms. The fourth-order valence-corrected chi connectivity index (χ4v) is 1.61. The van der Waals surface area contributed by atoms with Gasteiger partial charge in [-0.05, 0) is 19.4 Å². The monoisotopic (exact) mass is 289 g/mol. The number of ether oxygens (including phenoxy) is 2. The molecule has 7 nitrogen and oxygen atoms in total. The fourth-order valence-electron chi connectivity index (χ4n) is 1.61. The summed E-state index contributed by atoms with van der Waals surface area (Å²) in [6.45, 7) is 5.29. The van der Waals surface area contributed by atoms with E-state index in [1.165, 1.54) is 0 Å². The summed E-state index contributed by atoms with van der Waals surface area (Å²) in [7, 11) is 1.57. The van der Waals surface area contributed by atoms with E-state index in [9.17, 15) is 0 Å². The Hall–Kier alpha value is -2.44. The molecule has 2 aromatic rings. The number of rotatable bonds is 7. The van der Waals surface area contributed by atoms with Crippen molar-refractivity contribution in [1.82, 2.24) is 19.9 Å². The summed E-state index contributed by atoms with van der Waals surface area (Å²) in [5, 5.41) is 3.07. The third-order valence-corrected chi connectivity index (χ3v) is 2.59. The van der Waals surface area contributed by atoms with Crippen LogP contribution in [0.3, 0.4) is 0 Å². The molecule has 0 amide bonds. The molecule has 0 saturated carbocycles. The first-order chi connectivity index (χ1) is 10.3. The number of anilines is 1. The Kier molecular flexibility index (Phi) is 5.25. The zero-order chi connectivity index (χ0) is 15.1. The number of hydrogen-bond donors (Lipinski definition) is 1. The molecule has 0 aliphatic heterocycles. The van der Waals surface area contributed by atoms with Gasteiger partial charge in [0.05, 0.1) is 13.7 Å². The lowest BCUT2D eigenvalue weighted by Crippen LogP contribution is -2.08. The maximum atomic E-state index is 5.50. The number of aromatic nitrogens is 4. The topological polar surface area (TPSA) is 82.0 Å². The highest BCUT2D eigenvalue weighted by atomic mass is 16.5. The first kappa shape index (κ1) is 15.0. The van der Waals surface area contributed by atoms with E-state index in [2.05, 4.69) is 25.3 Å². The van der Waals surface area contributed by atoms with Crippen molar-refractivity contribution in [2.24, 2.45) is 0 Å². The van der Waals surface area contributed by atoms with E-state index in [0.717, 1.165) is 18.5 Å². The minimum atomic E-state index is 0.314. The molecule has 21 heavy (non-hydrogen) atoms. The number of hydrogen-bond acceptors (Lipinski definition) is 7. The molecular formula is C14H19N5O2. The normalized spacial score (nSPS) is 10.2. The smallest absolute Gasteiger partial charge is 0.321 e. The van der Waals surface area contributed by atoms with Crippen molar-refractivity contribution in [3.8, 4) is 23.3 Å². The Balaban J connectivity index is 2.32. The summed E-state index contributed by atoms with van der Waals surface area (Å²) < 4.78 is 10.5. The number of methoxy groups -OCH3 is 1. The van der Waals surface area contributed by atoms with Gasteiger partial charge in [-0.3, -0.25) is 0 Å². The van der Waals surface area contributed by atoms with Crippen LogP contribution in [-0.4, -0.2) is 40.2 Å². The van der Waals surface area contributed by atoms with Crippen LogP contribution in [0.2, 0.25) is 0 Å². The molecule has 0 aliphatic carbocycles. The molecule has 0 spiro atoms. The van der Waals surface area contributed by atoms with Crippen molar-refractivity contribution >= 4 is 5.95 Å². The second-order valence-corrected chi connectivity index (χ2v) is 4.23. The third kappa shape index (κ3) is 4.01. The van der Waals surface area contributed by atoms with Crippen LogP contribution in [0, 0.1) is 0 Å². The van der Waals surface area contributed by atoms with Gasteiger partial charge in [-0.25, -0.2) is 4.98 Å². The molecule has 1 N–H and O–H groups in total. The predicted molar refractivity (Wildman–Crippen MR) is 79.6 cm³/mol. The second kappa shape index (κ2) is 7.37. The maximum absolute atomic E-state index is 5.50. The maximum Gasteiger partial charge on any atom is 0.321 e. The van der Waals surface area contributed by atoms with Gasteiger partial charge in [-0.2, -0.15) is 15.0 Å². The number of pyridine rings is 1. The molecule has 0 aromatic carbocycles. The standard InChI is InChI=1S/C14H19N5O2/c1-4-8-21-14-18-12(17-13(19-14)15-5-2)10-6-7-11(20-3)16-9-10/h6-7,9H,4-5,8H2,1-3H3,(H,15,17,18,19). The van der Waals surface area contributed by atoms with Gasteiger partial charge in [0, 0.05) is 24.4 Å². The summed E-state index contributed by atoms with van der Waals surface area (Å²) in [6.07, 6.45) is 2.55. The van der Waals surface area contributed by atoms with Gasteiger partial charge in [0.1, 0.15) is 0 Å². The summed E-state index contributed by atoms with van der Waals surface area (Å²) in [4.78, 5) is 17.1. The van der Waals surface area contributed by atoms with E-state index in [4.69, 9.17) is 9.47 Å². The van der Waals surface area contributed by atoms with Crippen molar-refractivity contribution in [2.45, 2.75) is 20.3 Å². The van der Waals surface area contributed by atoms with Crippen LogP contribution in [0.25, 0.3) is 11.4 Å². The van der Waals surface area contributed by atoms with E-state index >= 15 is 0 Å². The first-order valence-electron chi connectivity index (χ1n) is 6.90. The molecule has 0 saturated heterocycles. The lowest BCUT2D eigenvalue weighted by molar-refractivity contribution is 0.292. The Morgan fingerprint density at radius 3 is 2.62 bits per heavy atom. The lowest BCUT2D eigenvalue weighted by atomic mass is 10.3. The quantitative estimate of drug-likeness (QED) is 0.836. The van der Waals surface area contributed by atoms with Gasteiger partial charge >= 0.3 is 6.01 Å². The summed E-state index contributed by atoms with van der Waals surface area (Å²) in [5.74, 6) is 1.55. The lowest BCUT2D eigenvalue weighted by Gasteiger charge is -2.08. The van der Waals surface area contributed by atoms with Crippen LogP contribution >= 0.6 is 0 Å². The van der Waals surface area contributed by atoms with Crippen molar-refractivity contribution in [2.75, 3.05) is 25.6 Å². The zero-order valence-electron chi connectivity index (χ0n) is 12.5. The van der Waals surface area contributed by atoms with Gasteiger partial charge < -0.3 is 14.8 Å². The summed E-state index contributed by atoms with van der Waals surface area (Å²) in [6, 6.07) is 3.92. The van der Waals surface area contributed by atoms with Gasteiger partial charge in [0.15, 0.2) is 5.82 Å². The Morgan fingerprint density at radius 1 is 1.14 bits per heavy atom. The molecule has 112 valence electrons. The SMILES string of the molecule is CCCOc1nc(NCC)nc(-c2ccc(OC)nc2)n1. The zero-order valence-corrected chi connectivity index (χ0v) is 12.5. The van der Waals surface area contributed by atoms with Gasteiger partial charge in [-0.1, -0.05) is 6.92 Å². The molecule has 0 atom stereocenters. The van der Waals surface area contributed by atoms with E-state index in [0.29, 0.717) is 30.3 Å². The number of nitrogens with one attached hydrogen (secondary N) is 1. The van der Waals surface area contributed by atoms with E-state index < -0.39 is 0 Å².